The SMILES string of the molecule is CCS(=O)(=O)N[C@H](C)C(=O)O. The quantitative estimate of drug-likeness (QED) is 0.606. The first-order chi connectivity index (χ1) is 4.89. The van der Waals surface area contributed by atoms with Gasteiger partial charge in [-0.05, 0) is 13.8 Å². The van der Waals surface area contributed by atoms with Crippen molar-refractivity contribution in [3.63, 3.8) is 0 Å². The molecular weight excluding hydrogens is 170 g/mol. The van der Waals surface area contributed by atoms with Crippen molar-refractivity contribution in [2.45, 2.75) is 19.9 Å². The van der Waals surface area contributed by atoms with Crippen LogP contribution in [0.3, 0.4) is 0 Å². The molecule has 0 aromatic heterocycles. The molecule has 11 heavy (non-hydrogen) atoms. The van der Waals surface area contributed by atoms with Crippen LogP contribution in [0.25, 0.3) is 0 Å². The van der Waals surface area contributed by atoms with Crippen LogP contribution in [0.15, 0.2) is 0 Å². The Kier molecular flexibility index (Phi) is 3.47. The van der Waals surface area contributed by atoms with Crippen LogP contribution in [0.4, 0.5) is 0 Å². The number of hydrogen-bond donors (Lipinski definition) is 2. The Morgan fingerprint density at radius 3 is 2.36 bits per heavy atom. The molecule has 0 heterocycles. The van der Waals surface area contributed by atoms with Gasteiger partial charge in [0.1, 0.15) is 6.04 Å². The van der Waals surface area contributed by atoms with Gasteiger partial charge in [-0.1, -0.05) is 0 Å². The fraction of sp³-hybridized carbons (Fsp3) is 0.800. The molecule has 0 amide bonds. The zero-order valence-corrected chi connectivity index (χ0v) is 7.18. The summed E-state index contributed by atoms with van der Waals surface area (Å²) in [6.45, 7) is 2.71. The number of sulfonamides is 1. The van der Waals surface area contributed by atoms with Gasteiger partial charge in [-0.25, -0.2) is 13.1 Å². The van der Waals surface area contributed by atoms with Crippen LogP contribution in [0.2, 0.25) is 0 Å². The maximum Gasteiger partial charge on any atom is 0.321 e. The summed E-state index contributed by atoms with van der Waals surface area (Å²) in [6.07, 6.45) is 0. The molecule has 0 saturated heterocycles. The number of aliphatic carboxylic acids is 1. The van der Waals surface area contributed by atoms with E-state index >= 15 is 0 Å². The predicted octanol–water partition coefficient (Wildman–Crippen LogP) is -0.601. The van der Waals surface area contributed by atoms with E-state index < -0.39 is 22.0 Å². The molecule has 6 heteroatoms. The van der Waals surface area contributed by atoms with Gasteiger partial charge in [0.25, 0.3) is 0 Å². The van der Waals surface area contributed by atoms with Gasteiger partial charge in [0.05, 0.1) is 5.75 Å². The molecule has 0 aliphatic carbocycles. The minimum Gasteiger partial charge on any atom is -0.480 e. The van der Waals surface area contributed by atoms with E-state index in [1.807, 2.05) is 4.72 Å². The van der Waals surface area contributed by atoms with Gasteiger partial charge >= 0.3 is 5.97 Å². The summed E-state index contributed by atoms with van der Waals surface area (Å²) in [6, 6.07) is -1.06. The molecule has 0 bridgehead atoms. The number of hydrogen-bond acceptors (Lipinski definition) is 3. The zero-order chi connectivity index (χ0) is 9.07. The van der Waals surface area contributed by atoms with Gasteiger partial charge in [-0.15, -0.1) is 0 Å². The minimum absolute atomic E-state index is 0.107. The van der Waals surface area contributed by atoms with Crippen molar-refractivity contribution in [2.24, 2.45) is 0 Å². The number of carbonyl (C=O) groups is 1. The second kappa shape index (κ2) is 3.68. The summed E-state index contributed by atoms with van der Waals surface area (Å²) in [5, 5.41) is 8.31. The third kappa shape index (κ3) is 3.94. The van der Waals surface area contributed by atoms with Crippen molar-refractivity contribution in [1.29, 1.82) is 0 Å². The lowest BCUT2D eigenvalue weighted by atomic mass is 10.4. The molecule has 0 aromatic carbocycles. The predicted molar refractivity (Wildman–Crippen MR) is 39.7 cm³/mol. The molecule has 5 nitrogen and oxygen atoms in total. The maximum atomic E-state index is 10.7. The Hall–Kier alpha value is -0.620. The molecule has 0 unspecified atom stereocenters. The highest BCUT2D eigenvalue weighted by atomic mass is 32.2. The van der Waals surface area contributed by atoms with E-state index in [2.05, 4.69) is 0 Å². The molecule has 0 radical (unpaired) electrons. The lowest BCUT2D eigenvalue weighted by molar-refractivity contribution is -0.138. The monoisotopic (exact) mass is 181 g/mol. The molecule has 0 aliphatic rings. The van der Waals surface area contributed by atoms with E-state index in [9.17, 15) is 13.2 Å². The van der Waals surface area contributed by atoms with Crippen molar-refractivity contribution >= 4 is 16.0 Å². The van der Waals surface area contributed by atoms with E-state index in [-0.39, 0.29) is 5.75 Å². The number of carboxylic acid groups (broad SMARTS) is 1. The zero-order valence-electron chi connectivity index (χ0n) is 6.36. The van der Waals surface area contributed by atoms with E-state index in [4.69, 9.17) is 5.11 Å². The number of carboxylic acids is 1. The minimum atomic E-state index is -3.39. The normalized spacial score (nSPS) is 14.4. The Labute approximate surface area is 65.5 Å². The van der Waals surface area contributed by atoms with Crippen LogP contribution >= 0.6 is 0 Å². The molecule has 0 spiro atoms. The average molecular weight is 181 g/mol. The summed E-state index contributed by atoms with van der Waals surface area (Å²) in [4.78, 5) is 10.2. The van der Waals surface area contributed by atoms with Crippen molar-refractivity contribution in [3.05, 3.63) is 0 Å². The van der Waals surface area contributed by atoms with Crippen molar-refractivity contribution in [1.82, 2.24) is 4.72 Å². The highest BCUT2D eigenvalue weighted by Gasteiger charge is 2.16. The maximum absolute atomic E-state index is 10.7. The second-order valence-electron chi connectivity index (χ2n) is 2.08. The Morgan fingerprint density at radius 2 is 2.09 bits per heavy atom. The molecule has 66 valence electrons. The summed E-state index contributed by atoms with van der Waals surface area (Å²) in [5.41, 5.74) is 0. The Morgan fingerprint density at radius 1 is 1.64 bits per heavy atom. The first kappa shape index (κ1) is 10.4. The summed E-state index contributed by atoms with van der Waals surface area (Å²) >= 11 is 0. The molecular formula is C5H11NO4S. The van der Waals surface area contributed by atoms with Gasteiger partial charge in [0.2, 0.25) is 10.0 Å². The topological polar surface area (TPSA) is 83.5 Å². The molecule has 1 atom stereocenters. The molecule has 0 fully saturated rings. The summed E-state index contributed by atoms with van der Waals surface area (Å²) in [5.74, 6) is -1.29. The number of rotatable bonds is 4. The third-order valence-electron chi connectivity index (χ3n) is 1.11. The molecule has 2 N–H and O–H groups in total. The van der Waals surface area contributed by atoms with Crippen LogP contribution < -0.4 is 4.72 Å². The fourth-order valence-electron chi connectivity index (χ4n) is 0.403. The van der Waals surface area contributed by atoms with E-state index in [1.165, 1.54) is 13.8 Å². The van der Waals surface area contributed by atoms with Gasteiger partial charge < -0.3 is 5.11 Å². The lowest BCUT2D eigenvalue weighted by Gasteiger charge is -2.07. The van der Waals surface area contributed by atoms with Crippen LogP contribution in [0.5, 0.6) is 0 Å². The van der Waals surface area contributed by atoms with E-state index in [0.29, 0.717) is 0 Å². The van der Waals surface area contributed by atoms with Crippen LogP contribution in [-0.2, 0) is 14.8 Å². The van der Waals surface area contributed by atoms with Crippen LogP contribution in [-0.4, -0.2) is 31.3 Å². The lowest BCUT2D eigenvalue weighted by Crippen LogP contribution is -2.39. The molecule has 0 aliphatic heterocycles. The summed E-state index contributed by atoms with van der Waals surface area (Å²) in [7, 11) is -3.39. The first-order valence-electron chi connectivity index (χ1n) is 3.12. The molecule has 0 aromatic rings. The van der Waals surface area contributed by atoms with Crippen molar-refractivity contribution < 1.29 is 18.3 Å². The highest BCUT2D eigenvalue weighted by Crippen LogP contribution is 1.88. The van der Waals surface area contributed by atoms with E-state index in [0.717, 1.165) is 0 Å². The largest absolute Gasteiger partial charge is 0.480 e. The summed E-state index contributed by atoms with van der Waals surface area (Å²) < 4.78 is 23.5. The average Bonchev–Trinajstić information content (AvgIpc) is 1.87. The van der Waals surface area contributed by atoms with Gasteiger partial charge in [0, 0.05) is 0 Å². The van der Waals surface area contributed by atoms with Crippen molar-refractivity contribution in [3.8, 4) is 0 Å². The van der Waals surface area contributed by atoms with Gasteiger partial charge in [-0.3, -0.25) is 4.79 Å². The highest BCUT2D eigenvalue weighted by molar-refractivity contribution is 7.89. The van der Waals surface area contributed by atoms with Crippen LogP contribution in [0, 0.1) is 0 Å². The molecule has 0 rings (SSSR count). The fourth-order valence-corrected chi connectivity index (χ4v) is 1.21. The third-order valence-corrected chi connectivity index (χ3v) is 2.58. The van der Waals surface area contributed by atoms with Crippen LogP contribution in [0.1, 0.15) is 13.8 Å². The number of nitrogens with one attached hydrogen (secondary N) is 1. The van der Waals surface area contributed by atoms with Crippen molar-refractivity contribution in [2.75, 3.05) is 5.75 Å². The van der Waals surface area contributed by atoms with Gasteiger partial charge in [-0.2, -0.15) is 0 Å². The Bertz CT molecular complexity index is 233. The Balaban J connectivity index is 4.16. The molecule has 0 saturated carbocycles. The first-order valence-corrected chi connectivity index (χ1v) is 4.77. The smallest absolute Gasteiger partial charge is 0.321 e. The second-order valence-corrected chi connectivity index (χ2v) is 4.12. The standard InChI is InChI=1S/C5H11NO4S/c1-3-11(9,10)6-4(2)5(7)8/h4,6H,3H2,1-2H3,(H,7,8)/t4-/m1/s1. The van der Waals surface area contributed by atoms with Gasteiger partial charge in [0.15, 0.2) is 0 Å². The van der Waals surface area contributed by atoms with E-state index in [1.54, 1.807) is 0 Å².